The Morgan fingerprint density at radius 2 is 1.93 bits per heavy atom. The summed E-state index contributed by atoms with van der Waals surface area (Å²) in [5.74, 6) is 2.07. The lowest BCUT2D eigenvalue weighted by atomic mass is 10.00. The first-order valence-electron chi connectivity index (χ1n) is 13.3. The van der Waals surface area contributed by atoms with E-state index in [-0.39, 0.29) is 5.78 Å². The van der Waals surface area contributed by atoms with Crippen LogP contribution in [0.2, 0.25) is 10.0 Å². The maximum atomic E-state index is 11.8. The van der Waals surface area contributed by atoms with Crippen LogP contribution >= 0.6 is 34.5 Å². The van der Waals surface area contributed by atoms with Gasteiger partial charge in [0, 0.05) is 30.1 Å². The number of carbonyl (C=O) groups is 1. The summed E-state index contributed by atoms with van der Waals surface area (Å²) in [6.45, 7) is 3.53. The van der Waals surface area contributed by atoms with Gasteiger partial charge in [0.2, 0.25) is 0 Å². The fraction of sp³-hybridized carbons (Fsp3) is 0.258. The summed E-state index contributed by atoms with van der Waals surface area (Å²) in [6, 6.07) is 17.5. The first-order valence-corrected chi connectivity index (χ1v) is 14.9. The number of hydrogen-bond donors (Lipinski definition) is 0. The molecule has 7 rings (SSSR count). The monoisotopic (exact) mass is 589 g/mol. The van der Waals surface area contributed by atoms with E-state index >= 15 is 0 Å². The molecule has 1 fully saturated rings. The largest absolute Gasteiger partial charge is 0.489 e. The SMILES string of the molecule is CC(=O)c1ccc2nc(N3CCc4ccc(OCc5c(-c6c(Cl)cccc6Cl)noc5C5CC5)cc4C3)sc2c1. The van der Waals surface area contributed by atoms with Crippen LogP contribution in [0, 0.1) is 0 Å². The molecule has 0 radical (unpaired) electrons. The van der Waals surface area contributed by atoms with Crippen molar-refractivity contribution in [2.75, 3.05) is 11.4 Å². The number of hydrogen-bond acceptors (Lipinski definition) is 7. The fourth-order valence-corrected chi connectivity index (χ4v) is 6.86. The Morgan fingerprint density at radius 1 is 1.10 bits per heavy atom. The molecule has 6 nitrogen and oxygen atoms in total. The van der Waals surface area contributed by atoms with Crippen molar-refractivity contribution in [3.63, 3.8) is 0 Å². The molecule has 40 heavy (non-hydrogen) atoms. The van der Waals surface area contributed by atoms with Crippen molar-refractivity contribution >= 4 is 55.7 Å². The van der Waals surface area contributed by atoms with Gasteiger partial charge in [0.15, 0.2) is 10.9 Å². The molecule has 0 spiro atoms. The van der Waals surface area contributed by atoms with Crippen LogP contribution in [0.5, 0.6) is 5.75 Å². The Kier molecular flexibility index (Phi) is 6.53. The van der Waals surface area contributed by atoms with Gasteiger partial charge in [-0.2, -0.15) is 0 Å². The zero-order chi connectivity index (χ0) is 27.4. The predicted octanol–water partition coefficient (Wildman–Crippen LogP) is 8.48. The number of anilines is 1. The average molecular weight is 591 g/mol. The van der Waals surface area contributed by atoms with E-state index in [1.807, 2.05) is 42.5 Å². The summed E-state index contributed by atoms with van der Waals surface area (Å²) in [5, 5.41) is 6.40. The van der Waals surface area contributed by atoms with E-state index in [2.05, 4.69) is 22.2 Å². The molecule has 3 aromatic carbocycles. The molecular weight excluding hydrogens is 565 g/mol. The highest BCUT2D eigenvalue weighted by Crippen LogP contribution is 2.46. The third kappa shape index (κ3) is 4.76. The Hall–Kier alpha value is -3.39. The van der Waals surface area contributed by atoms with E-state index < -0.39 is 0 Å². The van der Waals surface area contributed by atoms with Crippen LogP contribution in [0.4, 0.5) is 5.13 Å². The number of ketones is 1. The molecule has 2 aliphatic rings. The molecule has 0 amide bonds. The van der Waals surface area contributed by atoms with Gasteiger partial charge < -0.3 is 14.2 Å². The van der Waals surface area contributed by atoms with Crippen molar-refractivity contribution in [1.82, 2.24) is 10.1 Å². The minimum atomic E-state index is 0.0637. The molecular formula is C31H25Cl2N3O3S. The standard InChI is InChI=1S/C31H25Cl2N3O3S/c1-17(37)20-8-10-26-27(14-20)40-31(34-26)36-12-11-18-7-9-22(13-21(18)15-36)38-16-23-29(35-39-30(23)19-5-6-19)28-24(32)3-2-4-25(28)33/h2-4,7-10,13-14,19H,5-6,11-12,15-16H2,1H3. The Morgan fingerprint density at radius 3 is 2.70 bits per heavy atom. The third-order valence-electron chi connectivity index (χ3n) is 7.59. The number of fused-ring (bicyclic) bond motifs is 2. The van der Waals surface area contributed by atoms with Gasteiger partial charge in [-0.05, 0) is 79.8 Å². The van der Waals surface area contributed by atoms with E-state index in [9.17, 15) is 4.79 Å². The molecule has 1 aliphatic carbocycles. The van der Waals surface area contributed by atoms with Crippen molar-refractivity contribution in [2.45, 2.75) is 45.3 Å². The number of halogens is 2. The highest BCUT2D eigenvalue weighted by atomic mass is 35.5. The molecule has 0 saturated heterocycles. The summed E-state index contributed by atoms with van der Waals surface area (Å²) in [6.07, 6.45) is 3.08. The molecule has 1 saturated carbocycles. The summed E-state index contributed by atoms with van der Waals surface area (Å²) in [7, 11) is 0. The summed E-state index contributed by atoms with van der Waals surface area (Å²) in [4.78, 5) is 19.0. The zero-order valence-electron chi connectivity index (χ0n) is 21.7. The van der Waals surface area contributed by atoms with Crippen molar-refractivity contribution < 1.29 is 14.1 Å². The molecule has 0 N–H and O–H groups in total. The van der Waals surface area contributed by atoms with Gasteiger partial charge in [0.05, 0.1) is 25.8 Å². The van der Waals surface area contributed by atoms with Gasteiger partial charge in [-0.3, -0.25) is 4.79 Å². The van der Waals surface area contributed by atoms with Gasteiger partial charge in [0.1, 0.15) is 23.8 Å². The van der Waals surface area contributed by atoms with Gasteiger partial charge >= 0.3 is 0 Å². The number of aromatic nitrogens is 2. The lowest BCUT2D eigenvalue weighted by Crippen LogP contribution is -2.30. The molecule has 2 aromatic heterocycles. The molecule has 5 aromatic rings. The first kappa shape index (κ1) is 25.6. The molecule has 3 heterocycles. The zero-order valence-corrected chi connectivity index (χ0v) is 24.1. The quantitative estimate of drug-likeness (QED) is 0.177. The second-order valence-electron chi connectivity index (χ2n) is 10.4. The van der Waals surface area contributed by atoms with Crippen LogP contribution in [0.1, 0.15) is 58.5 Å². The van der Waals surface area contributed by atoms with Crippen LogP contribution in [-0.2, 0) is 19.6 Å². The van der Waals surface area contributed by atoms with Gasteiger partial charge in [-0.25, -0.2) is 4.98 Å². The second kappa shape index (κ2) is 10.2. The smallest absolute Gasteiger partial charge is 0.186 e. The highest BCUT2D eigenvalue weighted by molar-refractivity contribution is 7.22. The fourth-order valence-electron chi connectivity index (χ4n) is 5.26. The second-order valence-corrected chi connectivity index (χ2v) is 12.2. The van der Waals surface area contributed by atoms with Gasteiger partial charge in [-0.1, -0.05) is 51.8 Å². The average Bonchev–Trinajstić information content (AvgIpc) is 3.57. The lowest BCUT2D eigenvalue weighted by Gasteiger charge is -2.28. The van der Waals surface area contributed by atoms with E-state index in [0.717, 1.165) is 64.8 Å². The van der Waals surface area contributed by atoms with Crippen LogP contribution in [0.3, 0.4) is 0 Å². The molecule has 1 aliphatic heterocycles. The number of Topliss-reactive ketones (excluding diaryl/α,β-unsaturated/α-hetero) is 1. The number of thiazole rings is 1. The molecule has 0 atom stereocenters. The van der Waals surface area contributed by atoms with Crippen LogP contribution < -0.4 is 9.64 Å². The van der Waals surface area contributed by atoms with E-state index in [4.69, 9.17) is 37.4 Å². The lowest BCUT2D eigenvalue weighted by molar-refractivity contribution is 0.101. The van der Waals surface area contributed by atoms with Crippen molar-refractivity contribution in [1.29, 1.82) is 0 Å². The Balaban J connectivity index is 1.13. The summed E-state index contributed by atoms with van der Waals surface area (Å²) < 4.78 is 13.2. The van der Waals surface area contributed by atoms with E-state index in [1.165, 1.54) is 11.1 Å². The minimum absolute atomic E-state index is 0.0637. The number of nitrogens with zero attached hydrogens (tertiary/aromatic N) is 3. The first-order chi connectivity index (χ1) is 19.4. The number of ether oxygens (including phenoxy) is 1. The summed E-state index contributed by atoms with van der Waals surface area (Å²) in [5.41, 5.74) is 6.38. The number of carbonyl (C=O) groups excluding carboxylic acids is 1. The Labute approximate surface area is 245 Å². The maximum absolute atomic E-state index is 11.8. The van der Waals surface area contributed by atoms with Crippen LogP contribution in [0.15, 0.2) is 59.1 Å². The van der Waals surface area contributed by atoms with Crippen molar-refractivity contribution in [2.24, 2.45) is 0 Å². The highest BCUT2D eigenvalue weighted by Gasteiger charge is 2.33. The predicted molar refractivity (Wildman–Crippen MR) is 159 cm³/mol. The Bertz CT molecular complexity index is 1760. The minimum Gasteiger partial charge on any atom is -0.489 e. The maximum Gasteiger partial charge on any atom is 0.186 e. The molecule has 0 bridgehead atoms. The number of benzene rings is 3. The van der Waals surface area contributed by atoms with Gasteiger partial charge in [0.25, 0.3) is 0 Å². The van der Waals surface area contributed by atoms with Crippen molar-refractivity contribution in [3.05, 3.63) is 92.7 Å². The molecule has 202 valence electrons. The van der Waals surface area contributed by atoms with Crippen molar-refractivity contribution in [3.8, 4) is 17.0 Å². The van der Waals surface area contributed by atoms with E-state index in [1.54, 1.807) is 18.3 Å². The normalized spacial score (nSPS) is 14.9. The van der Waals surface area contributed by atoms with Crippen LogP contribution in [-0.4, -0.2) is 22.5 Å². The third-order valence-corrected chi connectivity index (χ3v) is 9.30. The van der Waals surface area contributed by atoms with E-state index in [0.29, 0.717) is 39.4 Å². The van der Waals surface area contributed by atoms with Crippen LogP contribution in [0.25, 0.3) is 21.5 Å². The molecule has 0 unspecified atom stereocenters. The number of rotatable bonds is 7. The summed E-state index contributed by atoms with van der Waals surface area (Å²) >= 11 is 14.7. The topological polar surface area (TPSA) is 68.5 Å². The van der Waals surface area contributed by atoms with Gasteiger partial charge in [-0.15, -0.1) is 0 Å². The molecule has 9 heteroatoms.